The van der Waals surface area contributed by atoms with Gasteiger partial charge in [0, 0.05) is 0 Å². The van der Waals surface area contributed by atoms with Crippen LogP contribution in [-0.2, 0) is 28.4 Å². The van der Waals surface area contributed by atoms with Crippen molar-refractivity contribution >= 4 is 11.9 Å². The molecule has 2 aromatic rings. The predicted molar refractivity (Wildman–Crippen MR) is 103 cm³/mol. The molecule has 2 saturated heterocycles. The maximum atomic E-state index is 12.7. The van der Waals surface area contributed by atoms with E-state index >= 15 is 0 Å². The Balaban J connectivity index is 1.49. The largest absolute Gasteiger partial charge is 0.458 e. The van der Waals surface area contributed by atoms with Gasteiger partial charge in [-0.3, -0.25) is 0 Å². The second-order valence-corrected chi connectivity index (χ2v) is 6.85. The highest BCUT2D eigenvalue weighted by Gasteiger charge is 2.45. The Morgan fingerprint density at radius 3 is 2.23 bits per heavy atom. The molecule has 8 nitrogen and oxygen atoms in total. The number of fused-ring (bicyclic) bond motifs is 1. The first-order valence-electron chi connectivity index (χ1n) is 9.63. The Morgan fingerprint density at radius 2 is 1.53 bits per heavy atom. The van der Waals surface area contributed by atoms with Crippen LogP contribution in [0.25, 0.3) is 0 Å². The van der Waals surface area contributed by atoms with Gasteiger partial charge in [0.15, 0.2) is 6.10 Å². The molecule has 2 heterocycles. The summed E-state index contributed by atoms with van der Waals surface area (Å²) in [5, 5.41) is 0. The maximum absolute atomic E-state index is 12.7. The van der Waals surface area contributed by atoms with Crippen molar-refractivity contribution in [3.05, 3.63) is 71.8 Å². The standard InChI is InChI=1S/C22H22O8/c23-21(15-7-3-1-4-8-15)26-12-18(30-22(24)16-9-5-2-6-10-16)20-19-17(27-14-29-20)11-25-13-28-19/h1-10,17-20H,11-14H2/t17-,18+,19+,20-/m1/s1. The van der Waals surface area contributed by atoms with Crippen LogP contribution >= 0.6 is 0 Å². The van der Waals surface area contributed by atoms with E-state index in [1.165, 1.54) is 0 Å². The van der Waals surface area contributed by atoms with E-state index in [9.17, 15) is 9.59 Å². The molecule has 2 fully saturated rings. The zero-order valence-corrected chi connectivity index (χ0v) is 16.2. The minimum Gasteiger partial charge on any atom is -0.458 e. The fourth-order valence-corrected chi connectivity index (χ4v) is 3.35. The molecule has 2 aliphatic rings. The summed E-state index contributed by atoms with van der Waals surface area (Å²) in [4.78, 5) is 25.0. The summed E-state index contributed by atoms with van der Waals surface area (Å²) in [6.07, 6.45) is -2.44. The van der Waals surface area contributed by atoms with Crippen LogP contribution in [0.1, 0.15) is 20.7 Å². The minimum absolute atomic E-state index is 0.00935. The van der Waals surface area contributed by atoms with Gasteiger partial charge in [-0.2, -0.15) is 0 Å². The minimum atomic E-state index is -0.889. The molecule has 0 saturated carbocycles. The quantitative estimate of drug-likeness (QED) is 0.665. The SMILES string of the molecule is O=C(OC[C@H](OC(=O)c1ccccc1)[C@H]1OCO[C@@H]2COCO[C@H]12)c1ccccc1. The summed E-state index contributed by atoms with van der Waals surface area (Å²) in [7, 11) is 0. The van der Waals surface area contributed by atoms with Crippen LogP contribution < -0.4 is 0 Å². The van der Waals surface area contributed by atoms with Crippen LogP contribution in [0.5, 0.6) is 0 Å². The molecule has 2 aromatic carbocycles. The lowest BCUT2D eigenvalue weighted by atomic mass is 10.0. The molecule has 0 radical (unpaired) electrons. The van der Waals surface area contributed by atoms with Gasteiger partial charge in [0.25, 0.3) is 0 Å². The fourth-order valence-electron chi connectivity index (χ4n) is 3.35. The Morgan fingerprint density at radius 1 is 0.867 bits per heavy atom. The van der Waals surface area contributed by atoms with Gasteiger partial charge in [0.05, 0.1) is 17.7 Å². The molecule has 0 N–H and O–H groups in total. The van der Waals surface area contributed by atoms with Crippen molar-refractivity contribution in [2.75, 3.05) is 26.8 Å². The number of carbonyl (C=O) groups excluding carboxylic acids is 2. The Kier molecular flexibility index (Phi) is 6.70. The van der Waals surface area contributed by atoms with Crippen LogP contribution in [-0.4, -0.2) is 63.2 Å². The van der Waals surface area contributed by atoms with E-state index in [1.54, 1.807) is 60.7 Å². The molecular formula is C22H22O8. The van der Waals surface area contributed by atoms with E-state index in [-0.39, 0.29) is 26.3 Å². The Labute approximate surface area is 173 Å². The summed E-state index contributed by atoms with van der Waals surface area (Å²) in [5.74, 6) is -1.07. The van der Waals surface area contributed by atoms with Crippen LogP contribution in [0.3, 0.4) is 0 Å². The zero-order chi connectivity index (χ0) is 20.8. The lowest BCUT2D eigenvalue weighted by Gasteiger charge is -2.42. The van der Waals surface area contributed by atoms with Gasteiger partial charge in [-0.15, -0.1) is 0 Å². The molecule has 0 aromatic heterocycles. The van der Waals surface area contributed by atoms with Crippen molar-refractivity contribution in [1.82, 2.24) is 0 Å². The zero-order valence-electron chi connectivity index (χ0n) is 16.2. The van der Waals surface area contributed by atoms with Crippen molar-refractivity contribution in [3.8, 4) is 0 Å². The van der Waals surface area contributed by atoms with Crippen molar-refractivity contribution in [2.45, 2.75) is 24.4 Å². The van der Waals surface area contributed by atoms with Gasteiger partial charge in [0.1, 0.15) is 38.5 Å². The average molecular weight is 414 g/mol. The molecular weight excluding hydrogens is 392 g/mol. The first-order valence-corrected chi connectivity index (χ1v) is 9.63. The lowest BCUT2D eigenvalue weighted by Crippen LogP contribution is -2.58. The second kappa shape index (κ2) is 9.82. The summed E-state index contributed by atoms with van der Waals surface area (Å²) in [5.41, 5.74) is 0.784. The molecule has 2 aliphatic heterocycles. The third kappa shape index (κ3) is 4.85. The van der Waals surface area contributed by atoms with E-state index in [4.69, 9.17) is 28.4 Å². The first kappa shape index (κ1) is 20.5. The predicted octanol–water partition coefficient (Wildman–Crippen LogP) is 2.18. The monoisotopic (exact) mass is 414 g/mol. The smallest absolute Gasteiger partial charge is 0.338 e. The highest BCUT2D eigenvalue weighted by Crippen LogP contribution is 2.26. The molecule has 0 aliphatic carbocycles. The lowest BCUT2D eigenvalue weighted by molar-refractivity contribution is -0.314. The van der Waals surface area contributed by atoms with Crippen molar-refractivity contribution in [3.63, 3.8) is 0 Å². The van der Waals surface area contributed by atoms with Crippen LogP contribution in [0.4, 0.5) is 0 Å². The van der Waals surface area contributed by atoms with Crippen molar-refractivity contribution < 1.29 is 38.0 Å². The normalized spacial score (nSPS) is 24.3. The van der Waals surface area contributed by atoms with E-state index in [0.717, 1.165) is 0 Å². The van der Waals surface area contributed by atoms with Gasteiger partial charge >= 0.3 is 11.9 Å². The second-order valence-electron chi connectivity index (χ2n) is 6.85. The maximum Gasteiger partial charge on any atom is 0.338 e. The van der Waals surface area contributed by atoms with Crippen LogP contribution in [0.2, 0.25) is 0 Å². The molecule has 8 heteroatoms. The van der Waals surface area contributed by atoms with Gasteiger partial charge in [0.2, 0.25) is 0 Å². The number of esters is 2. The Bertz CT molecular complexity index is 839. The first-order chi connectivity index (χ1) is 14.7. The summed E-state index contributed by atoms with van der Waals surface area (Å²) in [6, 6.07) is 17.2. The number of benzene rings is 2. The summed E-state index contributed by atoms with van der Waals surface area (Å²) in [6.45, 7) is 0.218. The third-order valence-electron chi connectivity index (χ3n) is 4.88. The average Bonchev–Trinajstić information content (AvgIpc) is 2.82. The van der Waals surface area contributed by atoms with E-state index in [2.05, 4.69) is 0 Å². The molecule has 158 valence electrons. The molecule has 0 unspecified atom stereocenters. The molecule has 4 rings (SSSR count). The fraction of sp³-hybridized carbons (Fsp3) is 0.364. The third-order valence-corrected chi connectivity index (χ3v) is 4.88. The molecule has 4 atom stereocenters. The van der Waals surface area contributed by atoms with Crippen LogP contribution in [0, 0.1) is 0 Å². The van der Waals surface area contributed by atoms with Gasteiger partial charge in [-0.25, -0.2) is 9.59 Å². The Hall–Kier alpha value is -2.78. The van der Waals surface area contributed by atoms with E-state index in [0.29, 0.717) is 17.7 Å². The number of hydrogen-bond acceptors (Lipinski definition) is 8. The molecule has 0 spiro atoms. The number of hydrogen-bond donors (Lipinski definition) is 0. The number of ether oxygens (including phenoxy) is 6. The van der Waals surface area contributed by atoms with Crippen LogP contribution in [0.15, 0.2) is 60.7 Å². The number of carbonyl (C=O) groups is 2. The van der Waals surface area contributed by atoms with E-state index < -0.39 is 30.3 Å². The summed E-state index contributed by atoms with van der Waals surface area (Å²) >= 11 is 0. The van der Waals surface area contributed by atoms with Crippen molar-refractivity contribution in [1.29, 1.82) is 0 Å². The summed E-state index contributed by atoms with van der Waals surface area (Å²) < 4.78 is 33.3. The number of rotatable bonds is 6. The van der Waals surface area contributed by atoms with E-state index in [1.807, 2.05) is 0 Å². The molecule has 30 heavy (non-hydrogen) atoms. The highest BCUT2D eigenvalue weighted by molar-refractivity contribution is 5.90. The highest BCUT2D eigenvalue weighted by atomic mass is 16.8. The van der Waals surface area contributed by atoms with Gasteiger partial charge in [-0.1, -0.05) is 36.4 Å². The molecule has 0 amide bonds. The topological polar surface area (TPSA) is 89.5 Å². The van der Waals surface area contributed by atoms with Gasteiger partial charge in [-0.05, 0) is 24.3 Å². The molecule has 0 bridgehead atoms. The van der Waals surface area contributed by atoms with Crippen molar-refractivity contribution in [2.24, 2.45) is 0 Å². The van der Waals surface area contributed by atoms with Gasteiger partial charge < -0.3 is 28.4 Å².